The summed E-state index contributed by atoms with van der Waals surface area (Å²) < 4.78 is 0. The van der Waals surface area contributed by atoms with Crippen LogP contribution in [0.15, 0.2) is 12.4 Å². The summed E-state index contributed by atoms with van der Waals surface area (Å²) >= 11 is 5.81. The molecule has 0 radical (unpaired) electrons. The third-order valence-electron chi connectivity index (χ3n) is 2.67. The van der Waals surface area contributed by atoms with E-state index in [9.17, 15) is 0 Å². The van der Waals surface area contributed by atoms with E-state index < -0.39 is 0 Å². The van der Waals surface area contributed by atoms with E-state index in [4.69, 9.17) is 11.6 Å². The molecule has 1 N–H and O–H groups in total. The van der Waals surface area contributed by atoms with Crippen molar-refractivity contribution < 1.29 is 0 Å². The third-order valence-corrected chi connectivity index (χ3v) is 2.87. The fourth-order valence-electron chi connectivity index (χ4n) is 1.87. The Bertz CT molecular complexity index is 325. The molecular formula is C10H15ClN4. The van der Waals surface area contributed by atoms with Crippen LogP contribution >= 0.6 is 11.6 Å². The number of hydrogen-bond donors (Lipinski definition) is 1. The summed E-state index contributed by atoms with van der Waals surface area (Å²) in [6.07, 6.45) is 4.00. The molecule has 1 aliphatic heterocycles. The number of aromatic nitrogens is 2. The Hall–Kier alpha value is -0.870. The molecule has 1 aliphatic rings. The number of likely N-dealkylation sites (N-methyl/N-ethyl adjacent to an activating group) is 1. The monoisotopic (exact) mass is 226 g/mol. The van der Waals surface area contributed by atoms with E-state index >= 15 is 0 Å². The molecule has 0 saturated carbocycles. The molecule has 2 rings (SSSR count). The van der Waals surface area contributed by atoms with Crippen LogP contribution in [0.3, 0.4) is 0 Å². The number of hydrogen-bond acceptors (Lipinski definition) is 4. The van der Waals surface area contributed by atoms with Gasteiger partial charge in [-0.05, 0) is 19.4 Å². The van der Waals surface area contributed by atoms with Crippen molar-refractivity contribution in [3.8, 4) is 0 Å². The lowest BCUT2D eigenvalue weighted by Gasteiger charge is -2.21. The predicted octanol–water partition coefficient (Wildman–Crippen LogP) is 1.32. The number of nitrogens with zero attached hydrogens (tertiary/aromatic N) is 3. The second-order valence-corrected chi connectivity index (χ2v) is 4.26. The van der Waals surface area contributed by atoms with Gasteiger partial charge in [0, 0.05) is 25.7 Å². The minimum absolute atomic E-state index is 0.492. The van der Waals surface area contributed by atoms with Gasteiger partial charge in [0.15, 0.2) is 0 Å². The van der Waals surface area contributed by atoms with Gasteiger partial charge in [0.2, 0.25) is 0 Å². The summed E-state index contributed by atoms with van der Waals surface area (Å²) in [6, 6.07) is 2.36. The molecule has 82 valence electrons. The standard InChI is InChI=1S/C10H15ClN4/c1-15(6-8-3-2-4-12-8)10-5-9(11)13-7-14-10/h5,7-8,12H,2-4,6H2,1H3. The zero-order valence-corrected chi connectivity index (χ0v) is 9.54. The largest absolute Gasteiger partial charge is 0.358 e. The van der Waals surface area contributed by atoms with Crippen LogP contribution in [0.2, 0.25) is 5.15 Å². The lowest BCUT2D eigenvalue weighted by molar-refractivity contribution is 0.597. The van der Waals surface area contributed by atoms with Gasteiger partial charge < -0.3 is 10.2 Å². The van der Waals surface area contributed by atoms with Crippen LogP contribution in [-0.2, 0) is 0 Å². The highest BCUT2D eigenvalue weighted by Gasteiger charge is 2.16. The fraction of sp³-hybridized carbons (Fsp3) is 0.600. The van der Waals surface area contributed by atoms with Crippen molar-refractivity contribution in [3.05, 3.63) is 17.5 Å². The van der Waals surface area contributed by atoms with E-state index in [1.165, 1.54) is 19.2 Å². The van der Waals surface area contributed by atoms with E-state index in [0.717, 1.165) is 18.9 Å². The van der Waals surface area contributed by atoms with Gasteiger partial charge >= 0.3 is 0 Å². The second kappa shape index (κ2) is 4.77. The second-order valence-electron chi connectivity index (χ2n) is 3.87. The molecule has 0 aliphatic carbocycles. The van der Waals surface area contributed by atoms with Crippen LogP contribution in [0.25, 0.3) is 0 Å². The molecule has 1 fully saturated rings. The van der Waals surface area contributed by atoms with Gasteiger partial charge in [0.1, 0.15) is 17.3 Å². The summed E-state index contributed by atoms with van der Waals surface area (Å²) in [5.74, 6) is 0.878. The molecule has 1 aromatic rings. The van der Waals surface area contributed by atoms with Crippen LogP contribution in [0.4, 0.5) is 5.82 Å². The maximum atomic E-state index is 5.81. The highest BCUT2D eigenvalue weighted by Crippen LogP contribution is 2.14. The van der Waals surface area contributed by atoms with Crippen LogP contribution < -0.4 is 10.2 Å². The summed E-state index contributed by atoms with van der Waals surface area (Å²) in [5, 5.41) is 3.95. The van der Waals surface area contributed by atoms with Crippen molar-refractivity contribution in [2.24, 2.45) is 0 Å². The van der Waals surface area contributed by atoms with Crippen molar-refractivity contribution in [2.45, 2.75) is 18.9 Å². The molecule has 0 spiro atoms. The lowest BCUT2D eigenvalue weighted by Crippen LogP contribution is -2.35. The van der Waals surface area contributed by atoms with E-state index in [1.807, 2.05) is 7.05 Å². The molecule has 0 bridgehead atoms. The molecule has 15 heavy (non-hydrogen) atoms. The van der Waals surface area contributed by atoms with E-state index in [2.05, 4.69) is 20.2 Å². The number of rotatable bonds is 3. The summed E-state index contributed by atoms with van der Waals surface area (Å²) in [5.41, 5.74) is 0. The minimum Gasteiger partial charge on any atom is -0.358 e. The number of anilines is 1. The molecule has 4 nitrogen and oxygen atoms in total. The quantitative estimate of drug-likeness (QED) is 0.790. The van der Waals surface area contributed by atoms with E-state index in [1.54, 1.807) is 6.07 Å². The maximum absolute atomic E-state index is 5.81. The molecule has 0 amide bonds. The Morgan fingerprint density at radius 2 is 2.47 bits per heavy atom. The molecule has 5 heteroatoms. The Morgan fingerprint density at radius 1 is 1.60 bits per heavy atom. The molecule has 0 aromatic carbocycles. The molecule has 2 heterocycles. The van der Waals surface area contributed by atoms with E-state index in [-0.39, 0.29) is 0 Å². The normalized spacial score (nSPS) is 20.5. The van der Waals surface area contributed by atoms with Gasteiger partial charge in [-0.1, -0.05) is 11.6 Å². The average Bonchev–Trinajstić information content (AvgIpc) is 2.70. The van der Waals surface area contributed by atoms with Gasteiger partial charge in [-0.25, -0.2) is 9.97 Å². The molecule has 1 unspecified atom stereocenters. The number of halogens is 1. The minimum atomic E-state index is 0.492. The SMILES string of the molecule is CN(CC1CCCN1)c1cc(Cl)ncn1. The predicted molar refractivity (Wildman–Crippen MR) is 61.3 cm³/mol. The van der Waals surface area contributed by atoms with Gasteiger partial charge in [-0.2, -0.15) is 0 Å². The van der Waals surface area contributed by atoms with Gasteiger partial charge in [0.25, 0.3) is 0 Å². The number of nitrogens with one attached hydrogen (secondary N) is 1. The molecule has 1 saturated heterocycles. The highest BCUT2D eigenvalue weighted by molar-refractivity contribution is 6.29. The first-order valence-corrected chi connectivity index (χ1v) is 5.55. The summed E-state index contributed by atoms with van der Waals surface area (Å²) in [7, 11) is 2.03. The van der Waals surface area contributed by atoms with Crippen LogP contribution in [-0.4, -0.2) is 36.1 Å². The molecule has 1 aromatic heterocycles. The molecular weight excluding hydrogens is 212 g/mol. The van der Waals surface area contributed by atoms with Crippen LogP contribution in [0.1, 0.15) is 12.8 Å². The Kier molecular flexibility index (Phi) is 3.38. The highest BCUT2D eigenvalue weighted by atomic mass is 35.5. The first kappa shape index (κ1) is 10.6. The zero-order valence-electron chi connectivity index (χ0n) is 8.78. The van der Waals surface area contributed by atoms with Crippen LogP contribution in [0.5, 0.6) is 0 Å². The smallest absolute Gasteiger partial charge is 0.134 e. The van der Waals surface area contributed by atoms with Crippen molar-refractivity contribution in [2.75, 3.05) is 25.0 Å². The van der Waals surface area contributed by atoms with Crippen molar-refractivity contribution >= 4 is 17.4 Å². The fourth-order valence-corrected chi connectivity index (χ4v) is 2.01. The van der Waals surface area contributed by atoms with Crippen molar-refractivity contribution in [1.29, 1.82) is 0 Å². The zero-order chi connectivity index (χ0) is 10.7. The van der Waals surface area contributed by atoms with Gasteiger partial charge in [-0.3, -0.25) is 0 Å². The van der Waals surface area contributed by atoms with Gasteiger partial charge in [0.05, 0.1) is 0 Å². The summed E-state index contributed by atoms with van der Waals surface area (Å²) in [6.45, 7) is 2.09. The Morgan fingerprint density at radius 3 is 3.13 bits per heavy atom. The first-order valence-electron chi connectivity index (χ1n) is 5.18. The van der Waals surface area contributed by atoms with Crippen molar-refractivity contribution in [3.63, 3.8) is 0 Å². The topological polar surface area (TPSA) is 41.0 Å². The Balaban J connectivity index is 1.97. The molecule has 1 atom stereocenters. The summed E-state index contributed by atoms with van der Waals surface area (Å²) in [4.78, 5) is 10.2. The van der Waals surface area contributed by atoms with E-state index in [0.29, 0.717) is 11.2 Å². The van der Waals surface area contributed by atoms with Gasteiger partial charge in [-0.15, -0.1) is 0 Å². The van der Waals surface area contributed by atoms with Crippen LogP contribution in [0, 0.1) is 0 Å². The first-order chi connectivity index (χ1) is 7.25. The van der Waals surface area contributed by atoms with Crippen molar-refractivity contribution in [1.82, 2.24) is 15.3 Å². The third kappa shape index (κ3) is 2.79. The average molecular weight is 227 g/mol. The maximum Gasteiger partial charge on any atom is 0.134 e. The lowest BCUT2D eigenvalue weighted by atomic mass is 10.2. The Labute approximate surface area is 94.7 Å².